The van der Waals surface area contributed by atoms with Crippen molar-refractivity contribution in [3.8, 4) is 6.07 Å². The van der Waals surface area contributed by atoms with Gasteiger partial charge in [-0.05, 0) is 36.2 Å². The predicted octanol–water partition coefficient (Wildman–Crippen LogP) is 2.92. The minimum atomic E-state index is -0.673. The Morgan fingerprint density at radius 1 is 1.33 bits per heavy atom. The standard InChI is InChI=1S/C17H14FN3O3/c18-13-3-1-2-12(7-13)16-8-14(22)10-20(16)15-5-4-11(9-19)6-17(15)21(23)24/h1-7,14,16,22H,8,10H2/t14-,16+/m0/s1. The Bertz CT molecular complexity index is 834. The molecule has 1 N–H and O–H groups in total. The largest absolute Gasteiger partial charge is 0.391 e. The van der Waals surface area contributed by atoms with Crippen LogP contribution >= 0.6 is 0 Å². The van der Waals surface area contributed by atoms with Crippen LogP contribution in [0.4, 0.5) is 15.8 Å². The minimum Gasteiger partial charge on any atom is -0.391 e. The Hall–Kier alpha value is -2.98. The van der Waals surface area contributed by atoms with E-state index in [1.165, 1.54) is 30.3 Å². The van der Waals surface area contributed by atoms with Crippen molar-refractivity contribution in [1.82, 2.24) is 0 Å². The first kappa shape index (κ1) is 15.9. The normalized spacial score (nSPS) is 20.0. The number of β-amino-alcohol motifs (C(OH)–C–C–N with tert-alkyl or cyclic N) is 1. The number of hydrogen-bond donors (Lipinski definition) is 1. The molecule has 0 amide bonds. The van der Waals surface area contributed by atoms with Gasteiger partial charge in [-0.3, -0.25) is 10.1 Å². The number of nitro groups is 1. The maximum atomic E-state index is 13.5. The Morgan fingerprint density at radius 2 is 2.12 bits per heavy atom. The van der Waals surface area contributed by atoms with E-state index in [2.05, 4.69) is 0 Å². The van der Waals surface area contributed by atoms with Crippen LogP contribution in [0.25, 0.3) is 0 Å². The van der Waals surface area contributed by atoms with E-state index in [0.29, 0.717) is 17.7 Å². The van der Waals surface area contributed by atoms with Crippen LogP contribution in [0, 0.1) is 27.3 Å². The maximum Gasteiger partial charge on any atom is 0.293 e. The highest BCUT2D eigenvalue weighted by Crippen LogP contribution is 2.40. The molecular formula is C17H14FN3O3. The van der Waals surface area contributed by atoms with E-state index in [1.54, 1.807) is 17.0 Å². The molecule has 0 bridgehead atoms. The van der Waals surface area contributed by atoms with Crippen molar-refractivity contribution < 1.29 is 14.4 Å². The summed E-state index contributed by atoms with van der Waals surface area (Å²) in [6.45, 7) is 0.202. The number of aliphatic hydroxyl groups excluding tert-OH is 1. The Morgan fingerprint density at radius 3 is 2.79 bits per heavy atom. The lowest BCUT2D eigenvalue weighted by Crippen LogP contribution is -2.25. The highest BCUT2D eigenvalue weighted by atomic mass is 19.1. The van der Waals surface area contributed by atoms with Gasteiger partial charge in [-0.25, -0.2) is 4.39 Å². The summed E-state index contributed by atoms with van der Waals surface area (Å²) >= 11 is 0. The second-order valence-corrected chi connectivity index (χ2v) is 5.69. The third-order valence-corrected chi connectivity index (χ3v) is 4.12. The molecule has 2 aromatic carbocycles. The first-order valence-electron chi connectivity index (χ1n) is 7.38. The number of nitrogens with zero attached hydrogens (tertiary/aromatic N) is 3. The van der Waals surface area contributed by atoms with Crippen molar-refractivity contribution in [3.63, 3.8) is 0 Å². The van der Waals surface area contributed by atoms with E-state index < -0.39 is 16.8 Å². The average molecular weight is 327 g/mol. The molecule has 0 spiro atoms. The van der Waals surface area contributed by atoms with Crippen LogP contribution in [0.2, 0.25) is 0 Å². The predicted molar refractivity (Wildman–Crippen MR) is 84.9 cm³/mol. The van der Waals surface area contributed by atoms with Crippen LogP contribution in [0.3, 0.4) is 0 Å². The molecule has 0 aliphatic carbocycles. The third kappa shape index (κ3) is 2.92. The summed E-state index contributed by atoms with van der Waals surface area (Å²) in [5.74, 6) is -0.400. The van der Waals surface area contributed by atoms with Gasteiger partial charge < -0.3 is 10.0 Å². The van der Waals surface area contributed by atoms with Gasteiger partial charge in [0.2, 0.25) is 0 Å². The SMILES string of the molecule is N#Cc1ccc(N2C[C@@H](O)C[C@@H]2c2cccc(F)c2)c([N+](=O)[O-])c1. The summed E-state index contributed by atoms with van der Waals surface area (Å²) in [5, 5.41) is 30.3. The van der Waals surface area contributed by atoms with Crippen molar-refractivity contribution in [2.45, 2.75) is 18.6 Å². The lowest BCUT2D eigenvalue weighted by molar-refractivity contribution is -0.384. The first-order valence-corrected chi connectivity index (χ1v) is 7.38. The molecular weight excluding hydrogens is 313 g/mol. The number of halogens is 1. The topological polar surface area (TPSA) is 90.4 Å². The van der Waals surface area contributed by atoms with Crippen LogP contribution in [0.1, 0.15) is 23.6 Å². The maximum absolute atomic E-state index is 13.5. The Kier molecular flexibility index (Phi) is 4.15. The van der Waals surface area contributed by atoms with Crippen molar-refractivity contribution in [2.24, 2.45) is 0 Å². The number of aliphatic hydroxyl groups is 1. The molecule has 0 unspecified atom stereocenters. The summed E-state index contributed by atoms with van der Waals surface area (Å²) in [5.41, 5.74) is 0.937. The lowest BCUT2D eigenvalue weighted by atomic mass is 10.0. The monoisotopic (exact) mass is 327 g/mol. The summed E-state index contributed by atoms with van der Waals surface area (Å²) < 4.78 is 13.5. The number of anilines is 1. The summed E-state index contributed by atoms with van der Waals surface area (Å²) in [7, 11) is 0. The zero-order valence-corrected chi connectivity index (χ0v) is 12.6. The number of benzene rings is 2. The van der Waals surface area contributed by atoms with Crippen molar-refractivity contribution in [3.05, 3.63) is 69.5 Å². The van der Waals surface area contributed by atoms with E-state index >= 15 is 0 Å². The second-order valence-electron chi connectivity index (χ2n) is 5.69. The smallest absolute Gasteiger partial charge is 0.293 e. The average Bonchev–Trinajstić information content (AvgIpc) is 2.96. The number of rotatable bonds is 3. The van der Waals surface area contributed by atoms with Gasteiger partial charge >= 0.3 is 0 Å². The molecule has 1 fully saturated rings. The molecule has 0 radical (unpaired) electrons. The van der Waals surface area contributed by atoms with Gasteiger partial charge in [0.25, 0.3) is 5.69 Å². The molecule has 7 heteroatoms. The summed E-state index contributed by atoms with van der Waals surface area (Å²) in [6.07, 6.45) is -0.325. The van der Waals surface area contributed by atoms with Crippen LogP contribution in [-0.2, 0) is 0 Å². The van der Waals surface area contributed by atoms with E-state index in [0.717, 1.165) is 0 Å². The van der Waals surface area contributed by atoms with E-state index in [-0.39, 0.29) is 23.8 Å². The molecule has 1 heterocycles. The van der Waals surface area contributed by atoms with Gasteiger partial charge in [-0.2, -0.15) is 5.26 Å². The zero-order chi connectivity index (χ0) is 17.3. The number of nitriles is 1. The van der Waals surface area contributed by atoms with Gasteiger partial charge in [0.15, 0.2) is 0 Å². The number of nitro benzene ring substituents is 1. The van der Waals surface area contributed by atoms with Gasteiger partial charge in [0.1, 0.15) is 11.5 Å². The fourth-order valence-electron chi connectivity index (χ4n) is 3.09. The minimum absolute atomic E-state index is 0.188. The fraction of sp³-hybridized carbons (Fsp3) is 0.235. The Labute approximate surface area is 137 Å². The van der Waals surface area contributed by atoms with E-state index in [9.17, 15) is 19.6 Å². The Balaban J connectivity index is 2.07. The highest BCUT2D eigenvalue weighted by molar-refractivity contribution is 5.67. The second kappa shape index (κ2) is 6.26. The van der Waals surface area contributed by atoms with Crippen molar-refractivity contribution in [1.29, 1.82) is 5.26 Å². The molecule has 1 aliphatic heterocycles. The lowest BCUT2D eigenvalue weighted by Gasteiger charge is -2.26. The molecule has 0 aromatic heterocycles. The summed E-state index contributed by atoms with van der Waals surface area (Å²) in [4.78, 5) is 12.5. The van der Waals surface area contributed by atoms with E-state index in [4.69, 9.17) is 5.26 Å². The van der Waals surface area contributed by atoms with Crippen LogP contribution in [0.15, 0.2) is 42.5 Å². The molecule has 0 saturated carbocycles. The fourth-order valence-corrected chi connectivity index (χ4v) is 3.09. The zero-order valence-electron chi connectivity index (χ0n) is 12.6. The van der Waals surface area contributed by atoms with Crippen molar-refractivity contribution in [2.75, 3.05) is 11.4 Å². The van der Waals surface area contributed by atoms with Gasteiger partial charge in [-0.15, -0.1) is 0 Å². The molecule has 1 saturated heterocycles. The van der Waals surface area contributed by atoms with Crippen LogP contribution in [0.5, 0.6) is 0 Å². The third-order valence-electron chi connectivity index (χ3n) is 4.12. The molecule has 2 atom stereocenters. The molecule has 1 aliphatic rings. The molecule has 6 nitrogen and oxygen atoms in total. The van der Waals surface area contributed by atoms with Crippen LogP contribution < -0.4 is 4.90 Å². The van der Waals surface area contributed by atoms with Gasteiger partial charge in [0.05, 0.1) is 28.7 Å². The van der Waals surface area contributed by atoms with E-state index in [1.807, 2.05) is 6.07 Å². The molecule has 24 heavy (non-hydrogen) atoms. The van der Waals surface area contributed by atoms with Crippen LogP contribution in [-0.4, -0.2) is 22.7 Å². The van der Waals surface area contributed by atoms with Gasteiger partial charge in [-0.1, -0.05) is 12.1 Å². The molecule has 2 aromatic rings. The highest BCUT2D eigenvalue weighted by Gasteiger charge is 2.35. The van der Waals surface area contributed by atoms with Crippen molar-refractivity contribution >= 4 is 11.4 Å². The first-order chi connectivity index (χ1) is 11.5. The molecule has 3 rings (SSSR count). The quantitative estimate of drug-likeness (QED) is 0.691. The number of hydrogen-bond acceptors (Lipinski definition) is 5. The molecule has 122 valence electrons. The van der Waals surface area contributed by atoms with Gasteiger partial charge in [0, 0.05) is 12.6 Å². The summed E-state index contributed by atoms with van der Waals surface area (Å²) in [6, 6.07) is 11.7.